The lowest BCUT2D eigenvalue weighted by Crippen LogP contribution is -1.96. The van der Waals surface area contributed by atoms with E-state index in [4.69, 9.17) is 14.6 Å². The molecule has 0 radical (unpaired) electrons. The molecule has 0 amide bonds. The summed E-state index contributed by atoms with van der Waals surface area (Å²) < 4.78 is 10.3. The second-order valence-corrected chi connectivity index (χ2v) is 3.66. The molecule has 5 nitrogen and oxygen atoms in total. The van der Waals surface area contributed by atoms with Crippen LogP contribution in [0.5, 0.6) is 11.5 Å². The number of carboxylic acids is 1. The quantitative estimate of drug-likeness (QED) is 0.870. The Morgan fingerprint density at radius 1 is 1.17 bits per heavy atom. The lowest BCUT2D eigenvalue weighted by molar-refractivity contribution is 0.0698. The van der Waals surface area contributed by atoms with Crippen LogP contribution in [0.2, 0.25) is 0 Å². The number of hydrogen-bond donors (Lipinski definition) is 2. The monoisotopic (exact) mass is 247 g/mol. The summed E-state index contributed by atoms with van der Waals surface area (Å²) in [4.78, 5) is 13.8. The molecular formula is C13H13NO4. The van der Waals surface area contributed by atoms with Gasteiger partial charge >= 0.3 is 5.97 Å². The van der Waals surface area contributed by atoms with Crippen molar-refractivity contribution in [2.24, 2.45) is 0 Å². The van der Waals surface area contributed by atoms with Gasteiger partial charge in [-0.3, -0.25) is 0 Å². The van der Waals surface area contributed by atoms with Crippen molar-refractivity contribution >= 4 is 5.97 Å². The average Bonchev–Trinajstić information content (AvgIpc) is 2.87. The molecule has 0 saturated heterocycles. The molecule has 2 N–H and O–H groups in total. The number of H-pyrrole nitrogens is 1. The Kier molecular flexibility index (Phi) is 3.23. The fraction of sp³-hybridized carbons (Fsp3) is 0.154. The Labute approximate surface area is 104 Å². The van der Waals surface area contributed by atoms with E-state index < -0.39 is 5.97 Å². The molecule has 1 aromatic carbocycles. The molecule has 0 atom stereocenters. The predicted octanol–water partition coefficient (Wildman–Crippen LogP) is 2.40. The Bertz CT molecular complexity index is 574. The lowest BCUT2D eigenvalue weighted by atomic mass is 10.0. The van der Waals surface area contributed by atoms with Gasteiger partial charge in [0.25, 0.3) is 0 Å². The molecule has 1 heterocycles. The second kappa shape index (κ2) is 4.83. The maximum absolute atomic E-state index is 11.1. The van der Waals surface area contributed by atoms with Gasteiger partial charge in [0, 0.05) is 18.0 Å². The molecule has 5 heteroatoms. The number of aromatic carboxylic acids is 1. The molecule has 0 aliphatic heterocycles. The highest BCUT2D eigenvalue weighted by atomic mass is 16.5. The Morgan fingerprint density at radius 3 is 2.50 bits per heavy atom. The van der Waals surface area contributed by atoms with E-state index >= 15 is 0 Å². The van der Waals surface area contributed by atoms with Gasteiger partial charge in [0.05, 0.1) is 19.8 Å². The predicted molar refractivity (Wildman–Crippen MR) is 66.3 cm³/mol. The summed E-state index contributed by atoms with van der Waals surface area (Å²) in [7, 11) is 3.09. The number of methoxy groups -OCH3 is 2. The van der Waals surface area contributed by atoms with Crippen LogP contribution in [0.3, 0.4) is 0 Å². The van der Waals surface area contributed by atoms with E-state index in [1.807, 2.05) is 0 Å². The van der Waals surface area contributed by atoms with Gasteiger partial charge in [0.1, 0.15) is 0 Å². The largest absolute Gasteiger partial charge is 0.493 e. The maximum Gasteiger partial charge on any atom is 0.337 e. The van der Waals surface area contributed by atoms with Gasteiger partial charge in [-0.25, -0.2) is 4.79 Å². The van der Waals surface area contributed by atoms with Gasteiger partial charge in [-0.05, 0) is 17.7 Å². The first-order valence-electron chi connectivity index (χ1n) is 5.30. The molecule has 0 fully saturated rings. The molecule has 0 aliphatic carbocycles. The first-order valence-corrected chi connectivity index (χ1v) is 5.30. The van der Waals surface area contributed by atoms with Crippen LogP contribution in [0.25, 0.3) is 11.1 Å². The van der Waals surface area contributed by atoms with Crippen LogP contribution < -0.4 is 9.47 Å². The summed E-state index contributed by atoms with van der Waals surface area (Å²) in [5.41, 5.74) is 1.59. The molecule has 0 unspecified atom stereocenters. The highest BCUT2D eigenvalue weighted by Crippen LogP contribution is 2.33. The van der Waals surface area contributed by atoms with Crippen LogP contribution in [0, 0.1) is 0 Å². The topological polar surface area (TPSA) is 71.6 Å². The second-order valence-electron chi connectivity index (χ2n) is 3.66. The third-order valence-electron chi connectivity index (χ3n) is 2.67. The molecular weight excluding hydrogens is 234 g/mol. The first kappa shape index (κ1) is 12.0. The first-order chi connectivity index (χ1) is 8.67. The van der Waals surface area contributed by atoms with Crippen molar-refractivity contribution in [1.82, 2.24) is 4.98 Å². The third kappa shape index (κ3) is 2.02. The molecule has 1 aromatic heterocycles. The van der Waals surface area contributed by atoms with Crippen LogP contribution in [0.1, 0.15) is 10.4 Å². The molecule has 0 saturated carbocycles. The molecule has 0 aliphatic rings. The molecule has 94 valence electrons. The minimum atomic E-state index is -0.971. The van der Waals surface area contributed by atoms with E-state index in [-0.39, 0.29) is 5.56 Å². The average molecular weight is 247 g/mol. The van der Waals surface area contributed by atoms with Gasteiger partial charge < -0.3 is 19.6 Å². The van der Waals surface area contributed by atoms with Crippen molar-refractivity contribution in [2.75, 3.05) is 14.2 Å². The van der Waals surface area contributed by atoms with Crippen molar-refractivity contribution in [1.29, 1.82) is 0 Å². The Hall–Kier alpha value is -2.43. The lowest BCUT2D eigenvalue weighted by Gasteiger charge is -2.09. The summed E-state index contributed by atoms with van der Waals surface area (Å²) in [6, 6.07) is 5.28. The zero-order chi connectivity index (χ0) is 13.1. The Morgan fingerprint density at radius 2 is 1.89 bits per heavy atom. The normalized spacial score (nSPS) is 10.1. The van der Waals surface area contributed by atoms with Crippen molar-refractivity contribution in [3.05, 3.63) is 36.2 Å². The van der Waals surface area contributed by atoms with Crippen LogP contribution in [-0.2, 0) is 0 Å². The number of carbonyl (C=O) groups is 1. The number of hydrogen-bond acceptors (Lipinski definition) is 3. The van der Waals surface area contributed by atoms with E-state index in [2.05, 4.69) is 4.98 Å². The molecule has 2 aromatic rings. The van der Waals surface area contributed by atoms with Gasteiger partial charge in [-0.15, -0.1) is 0 Å². The molecule has 0 spiro atoms. The Balaban J connectivity index is 2.51. The number of rotatable bonds is 4. The minimum absolute atomic E-state index is 0.224. The van der Waals surface area contributed by atoms with Gasteiger partial charge in [-0.1, -0.05) is 6.07 Å². The molecule has 18 heavy (non-hydrogen) atoms. The highest BCUT2D eigenvalue weighted by Gasteiger charge is 2.14. The fourth-order valence-electron chi connectivity index (χ4n) is 1.78. The number of aromatic amines is 1. The molecule has 2 rings (SSSR count). The van der Waals surface area contributed by atoms with E-state index in [1.165, 1.54) is 13.3 Å². The standard InChI is InChI=1S/C13H13NO4/c1-17-11-4-3-8(5-12(11)18-2)9-6-14-7-10(9)13(15)16/h3-7,14H,1-2H3,(H,15,16). The van der Waals surface area contributed by atoms with Crippen molar-refractivity contribution < 1.29 is 19.4 Å². The van der Waals surface area contributed by atoms with Crippen molar-refractivity contribution in [2.45, 2.75) is 0 Å². The van der Waals surface area contributed by atoms with E-state index in [0.717, 1.165) is 5.56 Å². The van der Waals surface area contributed by atoms with Gasteiger partial charge in [0.2, 0.25) is 0 Å². The van der Waals surface area contributed by atoms with Crippen LogP contribution in [0.4, 0.5) is 0 Å². The zero-order valence-electron chi connectivity index (χ0n) is 10.1. The summed E-state index contributed by atoms with van der Waals surface area (Å²) in [6.07, 6.45) is 3.10. The number of ether oxygens (including phenoxy) is 2. The number of aromatic nitrogens is 1. The summed E-state index contributed by atoms with van der Waals surface area (Å²) in [5.74, 6) is 0.197. The SMILES string of the molecule is COc1ccc(-c2c[nH]cc2C(=O)O)cc1OC. The zero-order valence-corrected chi connectivity index (χ0v) is 10.1. The maximum atomic E-state index is 11.1. The molecule has 0 bridgehead atoms. The summed E-state index contributed by atoms with van der Waals surface area (Å²) >= 11 is 0. The summed E-state index contributed by atoms with van der Waals surface area (Å²) in [5, 5.41) is 9.07. The van der Waals surface area contributed by atoms with Crippen LogP contribution >= 0.6 is 0 Å². The van der Waals surface area contributed by atoms with Crippen LogP contribution in [-0.4, -0.2) is 30.3 Å². The van der Waals surface area contributed by atoms with Gasteiger partial charge in [-0.2, -0.15) is 0 Å². The van der Waals surface area contributed by atoms with E-state index in [0.29, 0.717) is 17.1 Å². The van der Waals surface area contributed by atoms with Crippen molar-refractivity contribution in [3.63, 3.8) is 0 Å². The smallest absolute Gasteiger partial charge is 0.337 e. The fourth-order valence-corrected chi connectivity index (χ4v) is 1.78. The minimum Gasteiger partial charge on any atom is -0.493 e. The van der Waals surface area contributed by atoms with Crippen molar-refractivity contribution in [3.8, 4) is 22.6 Å². The van der Waals surface area contributed by atoms with E-state index in [1.54, 1.807) is 31.5 Å². The summed E-state index contributed by atoms with van der Waals surface area (Å²) in [6.45, 7) is 0. The third-order valence-corrected chi connectivity index (χ3v) is 2.67. The number of nitrogens with one attached hydrogen (secondary N) is 1. The van der Waals surface area contributed by atoms with E-state index in [9.17, 15) is 4.79 Å². The van der Waals surface area contributed by atoms with Crippen LogP contribution in [0.15, 0.2) is 30.6 Å². The number of benzene rings is 1. The number of carboxylic acid groups (broad SMARTS) is 1. The van der Waals surface area contributed by atoms with Gasteiger partial charge in [0.15, 0.2) is 11.5 Å². The highest BCUT2D eigenvalue weighted by molar-refractivity contribution is 5.96.